The van der Waals surface area contributed by atoms with Crippen LogP contribution in [0.15, 0.2) is 84.0 Å². The maximum absolute atomic E-state index is 12.8. The van der Waals surface area contributed by atoms with E-state index in [1.54, 1.807) is 12.5 Å². The minimum Gasteiger partial charge on any atom is 2.00 e. The van der Waals surface area contributed by atoms with Crippen LogP contribution in [0.3, 0.4) is 0 Å². The molecule has 0 aliphatic heterocycles. The predicted octanol–water partition coefficient (Wildman–Crippen LogP) is 7.94. The molecule has 0 aliphatic rings. The third-order valence-electron chi connectivity index (χ3n) is 6.23. The van der Waals surface area contributed by atoms with Gasteiger partial charge in [0.25, 0.3) is 0 Å². The molecule has 0 saturated heterocycles. The minimum absolute atomic E-state index is 0. The van der Waals surface area contributed by atoms with Crippen LogP contribution in [-0.4, -0.2) is 18.5 Å². The fraction of sp³-hybridized carbons (Fsp3) is 0.400. The smallest absolute Gasteiger partial charge is 2.00 e. The molecule has 2 aromatic rings. The van der Waals surface area contributed by atoms with E-state index in [1.807, 2.05) is 67.6 Å². The molecule has 2 atom stereocenters. The summed E-state index contributed by atoms with van der Waals surface area (Å²) in [6.45, 7) is 23.5. The molecule has 0 fully saturated rings. The first kappa shape index (κ1) is 44.0. The van der Waals surface area contributed by atoms with Crippen molar-refractivity contribution in [3.63, 3.8) is 0 Å². The number of ether oxygens (including phenoxy) is 2. The molecule has 0 N–H and O–H groups in total. The number of hydrogen-bond acceptors (Lipinski definition) is 4. The molecule has 0 aliphatic carbocycles. The van der Waals surface area contributed by atoms with Crippen LogP contribution in [0.5, 0.6) is 0 Å². The maximum atomic E-state index is 12.8. The van der Waals surface area contributed by atoms with Crippen LogP contribution in [-0.2, 0) is 50.1 Å². The van der Waals surface area contributed by atoms with Crippen molar-refractivity contribution in [1.29, 1.82) is 0 Å². The Balaban J connectivity index is -0.00000214. The summed E-state index contributed by atoms with van der Waals surface area (Å²) >= 11 is 0. The average Bonchev–Trinajstić information content (AvgIpc) is 3.02. The van der Waals surface area contributed by atoms with E-state index < -0.39 is 6.10 Å². The van der Waals surface area contributed by atoms with Gasteiger partial charge in [-0.15, -0.1) is 0 Å². The van der Waals surface area contributed by atoms with Crippen molar-refractivity contribution in [2.45, 2.75) is 84.8 Å². The zero-order chi connectivity index (χ0) is 32.2. The Kier molecular flexibility index (Phi) is 30.8. The fourth-order valence-electron chi connectivity index (χ4n) is 4.58. The van der Waals surface area contributed by atoms with Gasteiger partial charge < -0.3 is 14.3 Å². The summed E-state index contributed by atoms with van der Waals surface area (Å²) in [5.41, 5.74) is 4.02. The number of unbranched alkanes of at least 4 members (excludes halogenated alkanes) is 1. The summed E-state index contributed by atoms with van der Waals surface area (Å²) in [5.74, 6) is 0.198. The first-order valence-corrected chi connectivity index (χ1v) is 13.7. The fourth-order valence-corrected chi connectivity index (χ4v) is 4.58. The number of esters is 1. The third kappa shape index (κ3) is 21.0. The Labute approximate surface area is 267 Å². The van der Waals surface area contributed by atoms with Gasteiger partial charge in [-0.25, -0.2) is 4.79 Å². The van der Waals surface area contributed by atoms with Crippen molar-refractivity contribution >= 4 is 12.4 Å². The molecule has 0 heterocycles. The van der Waals surface area contributed by atoms with Crippen molar-refractivity contribution in [2.24, 2.45) is 5.92 Å². The molecule has 2 aromatic carbocycles. The Morgan fingerprint density at radius 1 is 0.837 bits per heavy atom. The molecule has 1 unspecified atom stereocenters. The van der Waals surface area contributed by atoms with Crippen LogP contribution >= 0.6 is 0 Å². The monoisotopic (exact) mass is 629 g/mol. The zero-order valence-corrected chi connectivity index (χ0v) is 26.4. The average molecular weight is 630 g/mol. The van der Waals surface area contributed by atoms with Crippen molar-refractivity contribution in [3.05, 3.63) is 115 Å². The second-order valence-electron chi connectivity index (χ2n) is 9.72. The largest absolute Gasteiger partial charge is 2.00 e. The summed E-state index contributed by atoms with van der Waals surface area (Å²) in [7, 11) is 0. The number of carbonyl (C=O) groups is 1. The van der Waals surface area contributed by atoms with E-state index in [4.69, 9.17) is 23.4 Å². The molecule has 2 rings (SSSR count). The molecule has 0 saturated carbocycles. The summed E-state index contributed by atoms with van der Waals surface area (Å²) < 4.78 is 33.4. The van der Waals surface area contributed by atoms with Gasteiger partial charge in [0.05, 0.1) is 6.10 Å². The Hall–Kier alpha value is -3.40. The van der Waals surface area contributed by atoms with Crippen molar-refractivity contribution in [2.75, 3.05) is 0 Å². The summed E-state index contributed by atoms with van der Waals surface area (Å²) in [6, 6.07) is 19.6. The van der Waals surface area contributed by atoms with E-state index >= 15 is 0 Å². The van der Waals surface area contributed by atoms with E-state index in [-0.39, 0.29) is 29.1 Å². The molecule has 230 valence electrons. The number of carbonyl (C=O) groups excluding carboxylic acids is 2. The molecule has 0 aromatic heterocycles. The SMILES string of the molecule is CCCC(CCCC[C@@H](C)C/C(C)=C/C(C)=C/C(=O)OC(c1ccccc1)c1ccccc1)O[C-]=O.[C-]#[O+].[C-]#[O+].[C-]#[O+].[Fe+2]. The van der Waals surface area contributed by atoms with Gasteiger partial charge in [-0.05, 0) is 62.1 Å². The van der Waals surface area contributed by atoms with E-state index in [9.17, 15) is 9.59 Å². The summed E-state index contributed by atoms with van der Waals surface area (Å²) in [6.07, 6.45) is 10.3. The molecular weight excluding hydrogens is 588 g/mol. The molecular formula is C35H41FeO7+. The molecule has 0 bridgehead atoms. The maximum Gasteiger partial charge on any atom is 2.00 e. The van der Waals surface area contributed by atoms with E-state index in [0.29, 0.717) is 5.92 Å². The van der Waals surface area contributed by atoms with Gasteiger partial charge in [0.2, 0.25) is 0 Å². The van der Waals surface area contributed by atoms with Crippen molar-refractivity contribution in [3.8, 4) is 0 Å². The van der Waals surface area contributed by atoms with Gasteiger partial charge in [0, 0.05) is 6.08 Å². The van der Waals surface area contributed by atoms with Crippen LogP contribution < -0.4 is 0 Å². The number of allylic oxidation sites excluding steroid dienone is 3. The third-order valence-corrected chi connectivity index (χ3v) is 6.23. The first-order valence-electron chi connectivity index (χ1n) is 13.7. The zero-order valence-electron chi connectivity index (χ0n) is 25.3. The van der Waals surface area contributed by atoms with E-state index in [2.05, 4.69) is 46.8 Å². The van der Waals surface area contributed by atoms with Gasteiger partial charge in [-0.1, -0.05) is 112 Å². The molecule has 0 radical (unpaired) electrons. The molecule has 0 spiro atoms. The van der Waals surface area contributed by atoms with E-state index in [1.165, 1.54) is 5.57 Å². The summed E-state index contributed by atoms with van der Waals surface area (Å²) in [5, 5.41) is 0. The minimum atomic E-state index is -0.444. The molecule has 0 amide bonds. The number of benzene rings is 2. The van der Waals surface area contributed by atoms with E-state index in [0.717, 1.165) is 61.6 Å². The standard InChI is InChI=1S/C32H41O4.3CO.Fe/c1-5-14-30(35-24-33)20-13-12-15-25(2)21-26(3)22-27(4)23-31(34)36-32(28-16-8-6-9-17-28)29-18-10-7-11-19-29;3*1-2;/h6-11,16-19,22-23,25,30,32H,5,12-15,20-21H2,1-4H3;;;;/q-1;;;;+2/b26-22+,27-23+;;;;/t25-,30?;;;;/m1..../s1. The summed E-state index contributed by atoms with van der Waals surface area (Å²) in [4.78, 5) is 23.3. The van der Waals surface area contributed by atoms with Crippen LogP contribution in [0.4, 0.5) is 0 Å². The Morgan fingerprint density at radius 3 is 1.79 bits per heavy atom. The Bertz CT molecular complexity index is 1050. The number of rotatable bonds is 16. The van der Waals surface area contributed by atoms with Gasteiger partial charge in [-0.3, -0.25) is 0 Å². The van der Waals surface area contributed by atoms with Gasteiger partial charge >= 0.3 is 56.9 Å². The first-order chi connectivity index (χ1) is 20.4. The number of hydrogen-bond donors (Lipinski definition) is 0. The Morgan fingerprint density at radius 2 is 1.33 bits per heavy atom. The topological polar surface area (TPSA) is 112 Å². The van der Waals surface area contributed by atoms with Gasteiger partial charge in [0.15, 0.2) is 6.10 Å². The van der Waals surface area contributed by atoms with Crippen LogP contribution in [0, 0.1) is 25.9 Å². The van der Waals surface area contributed by atoms with Crippen LogP contribution in [0.1, 0.15) is 89.9 Å². The van der Waals surface area contributed by atoms with Crippen LogP contribution in [0.25, 0.3) is 0 Å². The molecule has 43 heavy (non-hydrogen) atoms. The second kappa shape index (κ2) is 30.1. The van der Waals surface area contributed by atoms with Crippen molar-refractivity contribution < 1.29 is 50.1 Å². The van der Waals surface area contributed by atoms with Crippen LogP contribution in [0.2, 0.25) is 0 Å². The molecule has 7 nitrogen and oxygen atoms in total. The van der Waals surface area contributed by atoms with Gasteiger partial charge in [0.1, 0.15) is 0 Å². The quantitative estimate of drug-likeness (QED) is 0.0357. The predicted molar refractivity (Wildman–Crippen MR) is 158 cm³/mol. The molecule has 8 heteroatoms. The second-order valence-corrected chi connectivity index (χ2v) is 9.72. The van der Waals surface area contributed by atoms with Crippen molar-refractivity contribution in [1.82, 2.24) is 0 Å². The van der Waals surface area contributed by atoms with Gasteiger partial charge in [-0.2, -0.15) is 0 Å². The normalized spacial score (nSPS) is 11.7.